The van der Waals surface area contributed by atoms with Crippen LogP contribution < -0.4 is 0 Å². The molecular weight excluding hydrogens is 375 g/mol. The maximum atomic E-state index is 13.4. The zero-order valence-electron chi connectivity index (χ0n) is 15.8. The second-order valence-electron chi connectivity index (χ2n) is 6.92. The Morgan fingerprint density at radius 1 is 1.10 bits per heavy atom. The second kappa shape index (κ2) is 7.83. The Morgan fingerprint density at radius 3 is 2.72 bits per heavy atom. The average molecular weight is 394 g/mol. The number of benzene rings is 1. The largest absolute Gasteiger partial charge is 0.359 e. The van der Waals surface area contributed by atoms with Crippen LogP contribution in [-0.2, 0) is 22.7 Å². The van der Waals surface area contributed by atoms with Crippen molar-refractivity contribution in [3.05, 3.63) is 71.9 Å². The van der Waals surface area contributed by atoms with E-state index in [0.717, 1.165) is 0 Å². The molecule has 2 aromatic heterocycles. The molecule has 148 valence electrons. The first kappa shape index (κ1) is 18.8. The van der Waals surface area contributed by atoms with Crippen LogP contribution in [0.5, 0.6) is 0 Å². The van der Waals surface area contributed by atoms with Gasteiger partial charge in [0.05, 0.1) is 12.2 Å². The Balaban J connectivity index is 1.46. The summed E-state index contributed by atoms with van der Waals surface area (Å²) in [4.78, 5) is 32.6. The predicted octanol–water partition coefficient (Wildman–Crippen LogP) is 2.64. The lowest BCUT2D eigenvalue weighted by Crippen LogP contribution is -2.57. The molecule has 0 radical (unpaired) electrons. The predicted molar refractivity (Wildman–Crippen MR) is 102 cm³/mol. The van der Waals surface area contributed by atoms with Crippen LogP contribution in [0.3, 0.4) is 0 Å². The maximum absolute atomic E-state index is 13.4. The minimum absolute atomic E-state index is 0.0685. The fourth-order valence-corrected chi connectivity index (χ4v) is 3.35. The number of halogens is 1. The van der Waals surface area contributed by atoms with E-state index < -0.39 is 6.04 Å². The van der Waals surface area contributed by atoms with Gasteiger partial charge < -0.3 is 14.3 Å². The van der Waals surface area contributed by atoms with Crippen molar-refractivity contribution in [1.29, 1.82) is 0 Å². The molecule has 1 saturated heterocycles. The summed E-state index contributed by atoms with van der Waals surface area (Å²) in [6, 6.07) is 12.5. The van der Waals surface area contributed by atoms with E-state index in [2.05, 4.69) is 10.1 Å². The molecule has 0 bridgehead atoms. The van der Waals surface area contributed by atoms with Gasteiger partial charge in [-0.15, -0.1) is 0 Å². The number of aromatic nitrogens is 2. The van der Waals surface area contributed by atoms with Gasteiger partial charge in [0.2, 0.25) is 11.8 Å². The van der Waals surface area contributed by atoms with Gasteiger partial charge >= 0.3 is 0 Å². The highest BCUT2D eigenvalue weighted by atomic mass is 19.1. The fraction of sp³-hybridized carbons (Fsp3) is 0.238. The first-order chi connectivity index (χ1) is 14.0. The van der Waals surface area contributed by atoms with Gasteiger partial charge in [-0.1, -0.05) is 23.4 Å². The molecule has 2 amide bonds. The lowest BCUT2D eigenvalue weighted by Gasteiger charge is -2.38. The maximum Gasteiger partial charge on any atom is 0.245 e. The molecule has 1 aromatic carbocycles. The van der Waals surface area contributed by atoms with Crippen LogP contribution in [0.2, 0.25) is 0 Å². The van der Waals surface area contributed by atoms with E-state index >= 15 is 0 Å². The van der Waals surface area contributed by atoms with E-state index in [1.807, 2.05) is 12.1 Å². The van der Waals surface area contributed by atoms with Crippen molar-refractivity contribution < 1.29 is 18.5 Å². The third kappa shape index (κ3) is 4.01. The summed E-state index contributed by atoms with van der Waals surface area (Å²) in [7, 11) is 0. The molecule has 0 saturated carbocycles. The Bertz CT molecular complexity index is 1040. The number of carbonyl (C=O) groups excluding carboxylic acids is 2. The Morgan fingerprint density at radius 2 is 1.97 bits per heavy atom. The average Bonchev–Trinajstić information content (AvgIpc) is 3.19. The molecule has 8 heteroatoms. The fourth-order valence-electron chi connectivity index (χ4n) is 3.35. The highest BCUT2D eigenvalue weighted by molar-refractivity contribution is 5.94. The van der Waals surface area contributed by atoms with Crippen LogP contribution in [0.15, 0.2) is 59.3 Å². The third-order valence-electron chi connectivity index (χ3n) is 4.86. The summed E-state index contributed by atoms with van der Waals surface area (Å²) in [5.41, 5.74) is 1.87. The summed E-state index contributed by atoms with van der Waals surface area (Å²) in [6.07, 6.45) is 1.66. The molecule has 4 rings (SSSR count). The third-order valence-corrected chi connectivity index (χ3v) is 4.86. The molecule has 29 heavy (non-hydrogen) atoms. The summed E-state index contributed by atoms with van der Waals surface area (Å²) >= 11 is 0. The molecule has 1 fully saturated rings. The molecular formula is C21H19FN4O3. The zero-order chi connectivity index (χ0) is 20.4. The first-order valence-electron chi connectivity index (χ1n) is 9.21. The normalized spacial score (nSPS) is 17.1. The number of carbonyl (C=O) groups is 2. The van der Waals surface area contributed by atoms with Gasteiger partial charge in [0.15, 0.2) is 5.76 Å². The topological polar surface area (TPSA) is 79.5 Å². The Kier molecular flexibility index (Phi) is 5.07. The van der Waals surface area contributed by atoms with E-state index in [9.17, 15) is 14.0 Å². The minimum Gasteiger partial charge on any atom is -0.359 e. The van der Waals surface area contributed by atoms with Crippen LogP contribution in [-0.4, -0.2) is 44.3 Å². The van der Waals surface area contributed by atoms with E-state index in [0.29, 0.717) is 22.7 Å². The van der Waals surface area contributed by atoms with E-state index in [1.165, 1.54) is 21.9 Å². The summed E-state index contributed by atoms with van der Waals surface area (Å²) in [5.74, 6) is -0.304. The number of amides is 2. The summed E-state index contributed by atoms with van der Waals surface area (Å²) in [5, 5.41) is 3.99. The highest BCUT2D eigenvalue weighted by Gasteiger charge is 2.37. The van der Waals surface area contributed by atoms with Crippen molar-refractivity contribution in [3.8, 4) is 11.4 Å². The molecule has 7 nitrogen and oxygen atoms in total. The molecule has 0 unspecified atom stereocenters. The molecule has 1 atom stereocenters. The standard InChI is InChI=1S/C21H19FN4O3/c1-14-21(28)25(11-15-5-4-6-16(22)9-15)13-20(27)26(14)12-17-10-19(24-29-17)18-7-2-3-8-23-18/h2-10,14H,11-13H2,1H3/t14-/m0/s1. The second-order valence-corrected chi connectivity index (χ2v) is 6.92. The van der Waals surface area contributed by atoms with E-state index in [1.54, 1.807) is 37.4 Å². The van der Waals surface area contributed by atoms with Crippen LogP contribution in [0.4, 0.5) is 4.39 Å². The van der Waals surface area contributed by atoms with E-state index in [4.69, 9.17) is 4.52 Å². The SMILES string of the molecule is C[C@H]1C(=O)N(Cc2cccc(F)c2)CC(=O)N1Cc1cc(-c2ccccn2)no1. The van der Waals surface area contributed by atoms with Gasteiger partial charge in [0.1, 0.15) is 24.1 Å². The Hall–Kier alpha value is -3.55. The van der Waals surface area contributed by atoms with Gasteiger partial charge in [-0.2, -0.15) is 0 Å². The van der Waals surface area contributed by atoms with Gasteiger partial charge in [0.25, 0.3) is 0 Å². The van der Waals surface area contributed by atoms with Crippen LogP contribution >= 0.6 is 0 Å². The highest BCUT2D eigenvalue weighted by Crippen LogP contribution is 2.21. The minimum atomic E-state index is -0.659. The first-order valence-corrected chi connectivity index (χ1v) is 9.21. The summed E-state index contributed by atoms with van der Waals surface area (Å²) < 4.78 is 18.7. The van der Waals surface area contributed by atoms with Crippen LogP contribution in [0, 0.1) is 5.82 Å². The van der Waals surface area contributed by atoms with Crippen molar-refractivity contribution in [2.75, 3.05) is 6.54 Å². The van der Waals surface area contributed by atoms with Gasteiger partial charge in [-0.25, -0.2) is 4.39 Å². The molecule has 3 heterocycles. The van der Waals surface area contributed by atoms with Crippen molar-refractivity contribution >= 4 is 11.8 Å². The Labute approximate surface area is 166 Å². The number of piperazine rings is 1. The van der Waals surface area contributed by atoms with Gasteiger partial charge in [0, 0.05) is 18.8 Å². The molecule has 1 aliphatic rings. The van der Waals surface area contributed by atoms with Crippen molar-refractivity contribution in [2.45, 2.75) is 26.1 Å². The van der Waals surface area contributed by atoms with Crippen LogP contribution in [0.25, 0.3) is 11.4 Å². The lowest BCUT2D eigenvalue weighted by atomic mass is 10.1. The number of nitrogens with zero attached hydrogens (tertiary/aromatic N) is 4. The summed E-state index contributed by atoms with van der Waals surface area (Å²) in [6.45, 7) is 1.93. The quantitative estimate of drug-likeness (QED) is 0.665. The van der Waals surface area contributed by atoms with Gasteiger partial charge in [-0.05, 0) is 36.8 Å². The number of hydrogen-bond donors (Lipinski definition) is 0. The van der Waals surface area contributed by atoms with Crippen molar-refractivity contribution in [1.82, 2.24) is 19.9 Å². The van der Waals surface area contributed by atoms with Gasteiger partial charge in [-0.3, -0.25) is 14.6 Å². The number of pyridine rings is 1. The monoisotopic (exact) mass is 394 g/mol. The number of hydrogen-bond acceptors (Lipinski definition) is 5. The number of rotatable bonds is 5. The lowest BCUT2D eigenvalue weighted by molar-refractivity contribution is -0.156. The van der Waals surface area contributed by atoms with Crippen molar-refractivity contribution in [3.63, 3.8) is 0 Å². The zero-order valence-corrected chi connectivity index (χ0v) is 15.8. The smallest absolute Gasteiger partial charge is 0.245 e. The molecule has 3 aromatic rings. The molecule has 1 aliphatic heterocycles. The van der Waals surface area contributed by atoms with Crippen molar-refractivity contribution in [2.24, 2.45) is 0 Å². The molecule has 0 aliphatic carbocycles. The molecule has 0 spiro atoms. The van der Waals surface area contributed by atoms with Crippen LogP contribution in [0.1, 0.15) is 18.2 Å². The molecule has 0 N–H and O–H groups in total. The van der Waals surface area contributed by atoms with E-state index in [-0.39, 0.29) is 37.3 Å².